The fourth-order valence-electron chi connectivity index (χ4n) is 1.57. The Balaban J connectivity index is 2.27. The van der Waals surface area contributed by atoms with Gasteiger partial charge in [0.15, 0.2) is 0 Å². The zero-order valence-electron chi connectivity index (χ0n) is 10.3. The number of carbonyl (C=O) groups is 1. The van der Waals surface area contributed by atoms with Gasteiger partial charge in [-0.05, 0) is 26.0 Å². The van der Waals surface area contributed by atoms with Gasteiger partial charge in [-0.15, -0.1) is 10.2 Å². The first-order valence-electron chi connectivity index (χ1n) is 5.69. The molecule has 0 unspecified atom stereocenters. The van der Waals surface area contributed by atoms with Gasteiger partial charge in [-0.25, -0.2) is 4.79 Å². The number of nitrogens with zero attached hydrogens (tertiary/aromatic N) is 4. The van der Waals surface area contributed by atoms with E-state index in [4.69, 9.17) is 4.74 Å². The first-order chi connectivity index (χ1) is 8.72. The highest BCUT2D eigenvalue weighted by molar-refractivity contribution is 5.85. The first kappa shape index (κ1) is 12.2. The molecule has 18 heavy (non-hydrogen) atoms. The van der Waals surface area contributed by atoms with Crippen molar-refractivity contribution >= 4 is 5.97 Å². The lowest BCUT2D eigenvalue weighted by atomic mass is 10.3. The molecule has 0 aliphatic carbocycles. The molecule has 2 aromatic heterocycles. The standard InChI is InChI=1S/C12H14N4O2/c1-3-18-12(17)11-15-14-9(2)16(11)8-10-6-4-5-7-13-10/h4-7H,3,8H2,1-2H3. The molecule has 0 aliphatic rings. The predicted molar refractivity (Wildman–Crippen MR) is 64.1 cm³/mol. The molecule has 2 heterocycles. The summed E-state index contributed by atoms with van der Waals surface area (Å²) in [6.07, 6.45) is 1.71. The monoisotopic (exact) mass is 246 g/mol. The summed E-state index contributed by atoms with van der Waals surface area (Å²) in [6.45, 7) is 4.31. The minimum Gasteiger partial charge on any atom is -0.460 e. The van der Waals surface area contributed by atoms with Crippen molar-refractivity contribution < 1.29 is 9.53 Å². The van der Waals surface area contributed by atoms with Gasteiger partial charge in [0.25, 0.3) is 0 Å². The quantitative estimate of drug-likeness (QED) is 0.758. The summed E-state index contributed by atoms with van der Waals surface area (Å²) in [5, 5.41) is 7.74. The Morgan fingerprint density at radius 2 is 2.22 bits per heavy atom. The van der Waals surface area contributed by atoms with Crippen LogP contribution >= 0.6 is 0 Å². The number of esters is 1. The Bertz CT molecular complexity index is 536. The molecule has 2 rings (SSSR count). The van der Waals surface area contributed by atoms with Crippen LogP contribution in [0.5, 0.6) is 0 Å². The second-order valence-electron chi connectivity index (χ2n) is 3.70. The molecule has 6 nitrogen and oxygen atoms in total. The molecule has 0 aromatic carbocycles. The third kappa shape index (κ3) is 2.53. The molecule has 0 atom stereocenters. The SMILES string of the molecule is CCOC(=O)c1nnc(C)n1Cc1ccccn1. The second kappa shape index (κ2) is 5.39. The highest BCUT2D eigenvalue weighted by Gasteiger charge is 2.18. The van der Waals surface area contributed by atoms with Crippen molar-refractivity contribution in [2.24, 2.45) is 0 Å². The van der Waals surface area contributed by atoms with Gasteiger partial charge in [0.05, 0.1) is 18.8 Å². The number of hydrogen-bond acceptors (Lipinski definition) is 5. The second-order valence-corrected chi connectivity index (χ2v) is 3.70. The summed E-state index contributed by atoms with van der Waals surface area (Å²) in [5.41, 5.74) is 0.839. The Labute approximate surface area is 105 Å². The lowest BCUT2D eigenvalue weighted by Gasteiger charge is -2.07. The molecule has 0 aliphatic heterocycles. The summed E-state index contributed by atoms with van der Waals surface area (Å²) >= 11 is 0. The van der Waals surface area contributed by atoms with Crippen molar-refractivity contribution in [2.45, 2.75) is 20.4 Å². The Morgan fingerprint density at radius 3 is 2.89 bits per heavy atom. The van der Waals surface area contributed by atoms with Gasteiger partial charge in [0, 0.05) is 6.20 Å². The first-order valence-corrected chi connectivity index (χ1v) is 5.69. The zero-order chi connectivity index (χ0) is 13.0. The fraction of sp³-hybridized carbons (Fsp3) is 0.333. The van der Waals surface area contributed by atoms with E-state index in [0.717, 1.165) is 5.69 Å². The molecule has 2 aromatic rings. The van der Waals surface area contributed by atoms with Crippen LogP contribution in [0.4, 0.5) is 0 Å². The van der Waals surface area contributed by atoms with Crippen LogP contribution in [0.2, 0.25) is 0 Å². The molecule has 0 fully saturated rings. The van der Waals surface area contributed by atoms with Crippen LogP contribution in [0.3, 0.4) is 0 Å². The van der Waals surface area contributed by atoms with Gasteiger partial charge in [-0.1, -0.05) is 6.07 Å². The highest BCUT2D eigenvalue weighted by atomic mass is 16.5. The number of carbonyl (C=O) groups excluding carboxylic acids is 1. The molecule has 0 N–H and O–H groups in total. The molecule has 6 heteroatoms. The maximum atomic E-state index is 11.7. The van der Waals surface area contributed by atoms with Crippen molar-refractivity contribution in [3.05, 3.63) is 41.7 Å². The van der Waals surface area contributed by atoms with Gasteiger partial charge >= 0.3 is 5.97 Å². The van der Waals surface area contributed by atoms with Crippen LogP contribution in [0.15, 0.2) is 24.4 Å². The predicted octanol–water partition coefficient (Wildman–Crippen LogP) is 1.21. The molecule has 0 bridgehead atoms. The summed E-state index contributed by atoms with van der Waals surface area (Å²) in [6, 6.07) is 5.62. The topological polar surface area (TPSA) is 69.9 Å². The van der Waals surface area contributed by atoms with Crippen molar-refractivity contribution in [3.8, 4) is 0 Å². The number of pyridine rings is 1. The van der Waals surface area contributed by atoms with Gasteiger partial charge in [0.1, 0.15) is 5.82 Å². The molecular weight excluding hydrogens is 232 g/mol. The Kier molecular flexibility index (Phi) is 3.66. The van der Waals surface area contributed by atoms with Crippen LogP contribution in [-0.4, -0.2) is 32.3 Å². The lowest BCUT2D eigenvalue weighted by Crippen LogP contribution is -2.15. The molecule has 0 amide bonds. The van der Waals surface area contributed by atoms with E-state index >= 15 is 0 Å². The normalized spacial score (nSPS) is 10.3. The van der Waals surface area contributed by atoms with Crippen LogP contribution < -0.4 is 0 Å². The van der Waals surface area contributed by atoms with Crippen LogP contribution in [-0.2, 0) is 11.3 Å². The average Bonchev–Trinajstić information content (AvgIpc) is 2.73. The third-order valence-corrected chi connectivity index (χ3v) is 2.44. The van der Waals surface area contributed by atoms with E-state index in [0.29, 0.717) is 19.0 Å². The number of ether oxygens (including phenoxy) is 1. The van der Waals surface area contributed by atoms with E-state index in [-0.39, 0.29) is 5.82 Å². The lowest BCUT2D eigenvalue weighted by molar-refractivity contribution is 0.0506. The molecular formula is C12H14N4O2. The number of aromatic nitrogens is 4. The molecule has 0 saturated carbocycles. The third-order valence-electron chi connectivity index (χ3n) is 2.44. The maximum Gasteiger partial charge on any atom is 0.376 e. The number of hydrogen-bond donors (Lipinski definition) is 0. The highest BCUT2D eigenvalue weighted by Crippen LogP contribution is 2.07. The van der Waals surface area contributed by atoms with Gasteiger partial charge in [0.2, 0.25) is 5.82 Å². The molecule has 0 radical (unpaired) electrons. The van der Waals surface area contributed by atoms with Gasteiger partial charge in [-0.2, -0.15) is 0 Å². The van der Waals surface area contributed by atoms with E-state index in [1.165, 1.54) is 0 Å². The summed E-state index contributed by atoms with van der Waals surface area (Å²) < 4.78 is 6.63. The smallest absolute Gasteiger partial charge is 0.376 e. The van der Waals surface area contributed by atoms with Crippen molar-refractivity contribution in [1.29, 1.82) is 0 Å². The largest absolute Gasteiger partial charge is 0.460 e. The molecule has 0 spiro atoms. The fourth-order valence-corrected chi connectivity index (χ4v) is 1.57. The van der Waals surface area contributed by atoms with Crippen molar-refractivity contribution in [1.82, 2.24) is 19.7 Å². The van der Waals surface area contributed by atoms with Crippen LogP contribution in [0.1, 0.15) is 29.1 Å². The summed E-state index contributed by atoms with van der Waals surface area (Å²) in [5.74, 6) is 0.401. The summed E-state index contributed by atoms with van der Waals surface area (Å²) in [7, 11) is 0. The number of aryl methyl sites for hydroxylation is 1. The molecule has 0 saturated heterocycles. The Morgan fingerprint density at radius 1 is 1.39 bits per heavy atom. The van der Waals surface area contributed by atoms with Crippen molar-refractivity contribution in [3.63, 3.8) is 0 Å². The average molecular weight is 246 g/mol. The van der Waals surface area contributed by atoms with Crippen LogP contribution in [0.25, 0.3) is 0 Å². The van der Waals surface area contributed by atoms with E-state index in [2.05, 4.69) is 15.2 Å². The minimum atomic E-state index is -0.464. The van der Waals surface area contributed by atoms with Crippen LogP contribution in [0, 0.1) is 6.92 Å². The van der Waals surface area contributed by atoms with E-state index in [1.54, 1.807) is 24.6 Å². The van der Waals surface area contributed by atoms with Crippen molar-refractivity contribution in [2.75, 3.05) is 6.61 Å². The van der Waals surface area contributed by atoms with Gasteiger partial charge in [-0.3, -0.25) is 9.55 Å². The van der Waals surface area contributed by atoms with Gasteiger partial charge < -0.3 is 4.74 Å². The summed E-state index contributed by atoms with van der Waals surface area (Å²) in [4.78, 5) is 15.9. The molecule has 94 valence electrons. The number of rotatable bonds is 4. The van der Waals surface area contributed by atoms with E-state index in [9.17, 15) is 4.79 Å². The minimum absolute atomic E-state index is 0.208. The zero-order valence-corrected chi connectivity index (χ0v) is 10.3. The maximum absolute atomic E-state index is 11.7. The van der Waals surface area contributed by atoms with E-state index < -0.39 is 5.97 Å². The Hall–Kier alpha value is -2.24. The van der Waals surface area contributed by atoms with E-state index in [1.807, 2.05) is 18.2 Å².